The van der Waals surface area contributed by atoms with Crippen molar-refractivity contribution in [3.05, 3.63) is 71.3 Å². The van der Waals surface area contributed by atoms with Crippen LogP contribution in [0.2, 0.25) is 0 Å². The number of hydrogen-bond donors (Lipinski definition) is 0. The topological polar surface area (TPSA) is 27.0 Å². The molecule has 32 heavy (non-hydrogen) atoms. The Bertz CT molecular complexity index is 810. The first kappa shape index (κ1) is 25.9. The largest absolute Gasteiger partial charge is 0.391 e. The van der Waals surface area contributed by atoms with Crippen LogP contribution in [0.25, 0.3) is 0 Å². The third kappa shape index (κ3) is 8.67. The number of hydrogen-bond acceptors (Lipinski definition) is 2. The summed E-state index contributed by atoms with van der Waals surface area (Å²) in [7, 11) is 0. The molecule has 0 saturated heterocycles. The molecule has 2 nitrogen and oxygen atoms in total. The van der Waals surface area contributed by atoms with Crippen molar-refractivity contribution in [3.63, 3.8) is 0 Å². The van der Waals surface area contributed by atoms with Crippen molar-refractivity contribution in [2.45, 2.75) is 71.0 Å². The molecule has 0 radical (unpaired) electrons. The van der Waals surface area contributed by atoms with Crippen LogP contribution in [0.5, 0.6) is 0 Å². The van der Waals surface area contributed by atoms with Gasteiger partial charge in [0.1, 0.15) is 0 Å². The summed E-state index contributed by atoms with van der Waals surface area (Å²) in [6, 6.07) is 20.6. The Hall–Kier alpha value is -2.32. The Morgan fingerprint density at radius 2 is 1.62 bits per heavy atom. The maximum atomic E-state index is 12.9. The lowest BCUT2D eigenvalue weighted by Crippen LogP contribution is -2.25. The van der Waals surface area contributed by atoms with E-state index in [4.69, 9.17) is 5.26 Å². The van der Waals surface area contributed by atoms with Crippen LogP contribution in [-0.2, 0) is 13.0 Å². The monoisotopic (exact) mass is 444 g/mol. The van der Waals surface area contributed by atoms with Crippen molar-refractivity contribution in [3.8, 4) is 6.07 Å². The van der Waals surface area contributed by atoms with Gasteiger partial charge in [-0.25, -0.2) is 0 Å². The van der Waals surface area contributed by atoms with Crippen LogP contribution >= 0.6 is 0 Å². The molecular formula is C27H35F3N2. The lowest BCUT2D eigenvalue weighted by Gasteiger charge is -2.22. The van der Waals surface area contributed by atoms with Gasteiger partial charge in [-0.05, 0) is 74.2 Å². The van der Waals surface area contributed by atoms with E-state index < -0.39 is 12.1 Å². The highest BCUT2D eigenvalue weighted by Crippen LogP contribution is 2.45. The summed E-state index contributed by atoms with van der Waals surface area (Å²) >= 11 is 0. The van der Waals surface area contributed by atoms with E-state index in [-0.39, 0.29) is 18.8 Å². The second-order valence-electron chi connectivity index (χ2n) is 8.58. The Balaban J connectivity index is 0.00000114. The molecule has 2 aromatic rings. The molecule has 1 fully saturated rings. The van der Waals surface area contributed by atoms with E-state index in [9.17, 15) is 13.2 Å². The van der Waals surface area contributed by atoms with Gasteiger partial charge in [-0.1, -0.05) is 61.5 Å². The first-order chi connectivity index (χ1) is 15.4. The first-order valence-electron chi connectivity index (χ1n) is 11.6. The number of alkyl halides is 3. The molecule has 0 N–H and O–H groups in total. The summed E-state index contributed by atoms with van der Waals surface area (Å²) in [6.07, 6.45) is 0.353. The van der Waals surface area contributed by atoms with Crippen LogP contribution in [0.1, 0.15) is 68.6 Å². The van der Waals surface area contributed by atoms with E-state index in [1.807, 2.05) is 18.2 Å². The lowest BCUT2D eigenvalue weighted by molar-refractivity contribution is -0.172. The minimum absolute atomic E-state index is 0.0570. The van der Waals surface area contributed by atoms with E-state index in [0.29, 0.717) is 6.42 Å². The molecule has 5 heteroatoms. The molecule has 1 aliphatic rings. The molecule has 2 atom stereocenters. The molecule has 0 spiro atoms. The minimum Gasteiger partial charge on any atom is -0.299 e. The predicted octanol–water partition coefficient (Wildman–Crippen LogP) is 7.51. The van der Waals surface area contributed by atoms with Crippen molar-refractivity contribution in [2.75, 3.05) is 13.1 Å². The standard InChI is InChI=1S/C25H32F3N.C2H3N/c1-2-16-29(19-21-7-4-3-5-8-21)17-6-9-20-10-12-22(13-11-20)23-14-15-24(18-23)25(26,27)28;1-2-3/h3-5,7-8,10-13,23-24H,2,6,9,14-19H2,1H3;1H3. The molecule has 3 rings (SSSR count). The summed E-state index contributed by atoms with van der Waals surface area (Å²) in [5.41, 5.74) is 3.69. The third-order valence-electron chi connectivity index (χ3n) is 6.08. The molecule has 1 saturated carbocycles. The second-order valence-corrected chi connectivity index (χ2v) is 8.58. The SMILES string of the molecule is CC#N.CCCN(CCCc1ccc(C2CCC(C(F)(F)F)C2)cc1)Cc1ccccc1. The molecule has 0 heterocycles. The normalized spacial score (nSPS) is 18.2. The van der Waals surface area contributed by atoms with Crippen molar-refractivity contribution < 1.29 is 13.2 Å². The number of nitrogens with zero attached hydrogens (tertiary/aromatic N) is 2. The molecular weight excluding hydrogens is 409 g/mol. The summed E-state index contributed by atoms with van der Waals surface area (Å²) in [5.74, 6) is -1.07. The second kappa shape index (κ2) is 13.3. The zero-order valence-electron chi connectivity index (χ0n) is 19.2. The number of nitriles is 1. The third-order valence-corrected chi connectivity index (χ3v) is 6.08. The van der Waals surface area contributed by atoms with Crippen molar-refractivity contribution in [2.24, 2.45) is 5.92 Å². The Labute approximate surface area is 191 Å². The average Bonchev–Trinajstić information content (AvgIpc) is 3.27. The summed E-state index contributed by atoms with van der Waals surface area (Å²) in [5, 5.41) is 7.32. The molecule has 174 valence electrons. The number of benzene rings is 2. The average molecular weight is 445 g/mol. The summed E-state index contributed by atoms with van der Waals surface area (Å²) < 4.78 is 38.7. The van der Waals surface area contributed by atoms with Gasteiger partial charge in [0.05, 0.1) is 12.0 Å². The summed E-state index contributed by atoms with van der Waals surface area (Å²) in [6.45, 7) is 6.77. The van der Waals surface area contributed by atoms with Crippen LogP contribution in [0.15, 0.2) is 54.6 Å². The van der Waals surface area contributed by atoms with Crippen LogP contribution in [0.4, 0.5) is 13.2 Å². The van der Waals surface area contributed by atoms with Gasteiger partial charge in [-0.2, -0.15) is 18.4 Å². The van der Waals surface area contributed by atoms with Gasteiger partial charge in [0, 0.05) is 13.5 Å². The fourth-order valence-electron chi connectivity index (χ4n) is 4.47. The van der Waals surface area contributed by atoms with Gasteiger partial charge < -0.3 is 0 Å². The van der Waals surface area contributed by atoms with Crippen LogP contribution in [-0.4, -0.2) is 24.2 Å². The zero-order chi connectivity index (χ0) is 23.4. The fourth-order valence-corrected chi connectivity index (χ4v) is 4.47. The quantitative estimate of drug-likeness (QED) is 0.400. The highest BCUT2D eigenvalue weighted by Gasteiger charge is 2.44. The van der Waals surface area contributed by atoms with E-state index >= 15 is 0 Å². The smallest absolute Gasteiger partial charge is 0.299 e. The van der Waals surface area contributed by atoms with Crippen LogP contribution in [0.3, 0.4) is 0 Å². The van der Waals surface area contributed by atoms with E-state index in [1.54, 1.807) is 6.07 Å². The number of halogens is 3. The van der Waals surface area contributed by atoms with E-state index in [1.165, 1.54) is 18.1 Å². The molecule has 0 aliphatic heterocycles. The van der Waals surface area contributed by atoms with Crippen molar-refractivity contribution in [1.29, 1.82) is 5.26 Å². The van der Waals surface area contributed by atoms with Gasteiger partial charge in [0.2, 0.25) is 0 Å². The van der Waals surface area contributed by atoms with Crippen molar-refractivity contribution >= 4 is 0 Å². The van der Waals surface area contributed by atoms with E-state index in [2.05, 4.69) is 48.2 Å². The van der Waals surface area contributed by atoms with Gasteiger partial charge in [0.25, 0.3) is 0 Å². The van der Waals surface area contributed by atoms with Gasteiger partial charge in [-0.15, -0.1) is 0 Å². The maximum Gasteiger partial charge on any atom is 0.391 e. The predicted molar refractivity (Wildman–Crippen MR) is 124 cm³/mol. The zero-order valence-corrected chi connectivity index (χ0v) is 19.2. The number of aryl methyl sites for hydroxylation is 1. The molecule has 1 aliphatic carbocycles. The Morgan fingerprint density at radius 3 is 2.19 bits per heavy atom. The Morgan fingerprint density at radius 1 is 0.969 bits per heavy atom. The first-order valence-corrected chi connectivity index (χ1v) is 11.6. The molecule has 0 bridgehead atoms. The summed E-state index contributed by atoms with van der Waals surface area (Å²) in [4.78, 5) is 2.50. The van der Waals surface area contributed by atoms with Crippen molar-refractivity contribution in [1.82, 2.24) is 4.90 Å². The molecule has 0 amide bonds. The van der Waals surface area contributed by atoms with E-state index in [0.717, 1.165) is 44.5 Å². The van der Waals surface area contributed by atoms with Crippen LogP contribution in [0, 0.1) is 17.2 Å². The minimum atomic E-state index is -4.04. The lowest BCUT2D eigenvalue weighted by atomic mass is 9.94. The fraction of sp³-hybridized carbons (Fsp3) is 0.519. The van der Waals surface area contributed by atoms with Crippen LogP contribution < -0.4 is 0 Å². The molecule has 2 unspecified atom stereocenters. The Kier molecular flexibility index (Phi) is 10.8. The van der Waals surface area contributed by atoms with Gasteiger partial charge >= 0.3 is 6.18 Å². The molecule has 2 aromatic carbocycles. The highest BCUT2D eigenvalue weighted by atomic mass is 19.4. The maximum absolute atomic E-state index is 12.9. The number of rotatable bonds is 9. The highest BCUT2D eigenvalue weighted by molar-refractivity contribution is 5.26. The molecule has 0 aromatic heterocycles. The van der Waals surface area contributed by atoms with Gasteiger partial charge in [-0.3, -0.25) is 4.90 Å². The van der Waals surface area contributed by atoms with Gasteiger partial charge in [0.15, 0.2) is 0 Å².